The molecule has 9 heteroatoms. The Hall–Kier alpha value is -1.85. The maximum Gasteiger partial charge on any atom is 0.220 e. The van der Waals surface area contributed by atoms with E-state index in [0.29, 0.717) is 6.42 Å². The van der Waals surface area contributed by atoms with E-state index in [0.717, 1.165) is 44.9 Å². The normalized spacial score (nSPS) is 19.6. The molecule has 0 bridgehead atoms. The predicted molar refractivity (Wildman–Crippen MR) is 299 cm³/mol. The average molecular weight is 1000 g/mol. The van der Waals surface area contributed by atoms with Crippen molar-refractivity contribution in [1.82, 2.24) is 5.32 Å². The van der Waals surface area contributed by atoms with Crippen molar-refractivity contribution in [2.75, 3.05) is 13.2 Å². The lowest BCUT2D eigenvalue weighted by Crippen LogP contribution is -2.60. The number of hydrogen-bond donors (Lipinski definition) is 6. The highest BCUT2D eigenvalue weighted by Crippen LogP contribution is 2.23. The van der Waals surface area contributed by atoms with E-state index in [2.05, 4.69) is 55.6 Å². The van der Waals surface area contributed by atoms with E-state index in [-0.39, 0.29) is 12.5 Å². The number of allylic oxidation sites excluding steroid dienone is 7. The van der Waals surface area contributed by atoms with E-state index in [9.17, 15) is 30.3 Å². The van der Waals surface area contributed by atoms with Gasteiger partial charge in [0.25, 0.3) is 0 Å². The van der Waals surface area contributed by atoms with Crippen molar-refractivity contribution in [3.8, 4) is 0 Å². The van der Waals surface area contributed by atoms with Crippen molar-refractivity contribution in [2.24, 2.45) is 0 Å². The van der Waals surface area contributed by atoms with Crippen LogP contribution in [0.1, 0.15) is 284 Å². The summed E-state index contributed by atoms with van der Waals surface area (Å²) in [5, 5.41) is 54.5. The van der Waals surface area contributed by atoms with E-state index < -0.39 is 49.5 Å². The minimum Gasteiger partial charge on any atom is -0.394 e. The van der Waals surface area contributed by atoms with Crippen LogP contribution >= 0.6 is 0 Å². The molecule has 6 N–H and O–H groups in total. The maximum atomic E-state index is 13.1. The molecule has 1 saturated heterocycles. The van der Waals surface area contributed by atoms with Gasteiger partial charge in [0.05, 0.1) is 25.4 Å². The lowest BCUT2D eigenvalue weighted by atomic mass is 9.99. The SMILES string of the molecule is CCCCCCCCCC/C=C\CCCCCCCCCCCCCC(=O)NC(COC1OC(CO)C(O)C(O)C1O)C(O)/C=C/CC/C=C/CC/C=C/CCCCCCCCCCCCCCCCC. The van der Waals surface area contributed by atoms with E-state index in [1.165, 1.54) is 218 Å². The number of amides is 1. The lowest BCUT2D eigenvalue weighted by Gasteiger charge is -2.40. The van der Waals surface area contributed by atoms with Gasteiger partial charge in [-0.25, -0.2) is 0 Å². The third-order valence-electron chi connectivity index (χ3n) is 14.4. The lowest BCUT2D eigenvalue weighted by molar-refractivity contribution is -0.302. The summed E-state index contributed by atoms with van der Waals surface area (Å²) in [6.07, 6.45) is 61.9. The number of unbranched alkanes of at least 4 members (excludes halogenated alkanes) is 36. The molecule has 0 spiro atoms. The molecule has 1 aliphatic rings. The summed E-state index contributed by atoms with van der Waals surface area (Å²) in [4.78, 5) is 13.1. The standard InChI is InChI=1S/C62H115NO8/c1-3-5-7-9-11-13-15-17-19-21-23-25-27-28-30-31-33-35-37-39-41-43-45-47-49-51-56(65)55(54-70-62-61(69)60(68)59(67)57(53-64)71-62)63-58(66)52-50-48-46-44-42-40-38-36-34-32-29-26-24-22-20-18-16-14-12-10-8-6-4-2/h22,24,33,35,41,43,49,51,55-57,59-62,64-65,67-69H,3-21,23,25-32,34,36-40,42,44-48,50,52-54H2,1-2H3,(H,63,66)/b24-22-,35-33+,43-41+,51-49+. The number of nitrogens with one attached hydrogen (secondary N) is 1. The van der Waals surface area contributed by atoms with Gasteiger partial charge < -0.3 is 40.3 Å². The van der Waals surface area contributed by atoms with E-state index in [1.807, 2.05) is 6.08 Å². The highest BCUT2D eigenvalue weighted by molar-refractivity contribution is 5.76. The van der Waals surface area contributed by atoms with Crippen LogP contribution in [0.2, 0.25) is 0 Å². The second-order valence-corrected chi connectivity index (χ2v) is 21.1. The number of aliphatic hydroxyl groups excluding tert-OH is 5. The fraction of sp³-hybridized carbons (Fsp3) is 0.855. The van der Waals surface area contributed by atoms with Crippen LogP contribution in [0, 0.1) is 0 Å². The predicted octanol–water partition coefficient (Wildman–Crippen LogP) is 15.3. The molecule has 1 fully saturated rings. The molecule has 71 heavy (non-hydrogen) atoms. The second kappa shape index (κ2) is 51.6. The smallest absolute Gasteiger partial charge is 0.220 e. The van der Waals surface area contributed by atoms with Crippen molar-refractivity contribution in [3.63, 3.8) is 0 Å². The molecule has 1 aliphatic heterocycles. The number of rotatable bonds is 52. The molecule has 0 aromatic rings. The number of carbonyl (C=O) groups is 1. The molecular weight excluding hydrogens is 887 g/mol. The minimum atomic E-state index is -1.58. The molecule has 1 heterocycles. The van der Waals surface area contributed by atoms with Crippen molar-refractivity contribution < 1.29 is 39.8 Å². The monoisotopic (exact) mass is 1000 g/mol. The third kappa shape index (κ3) is 41.1. The topological polar surface area (TPSA) is 149 Å². The van der Waals surface area contributed by atoms with Gasteiger partial charge in [0, 0.05) is 6.42 Å². The molecule has 0 aliphatic carbocycles. The summed E-state index contributed by atoms with van der Waals surface area (Å²) in [6, 6.07) is -0.830. The van der Waals surface area contributed by atoms with Crippen LogP contribution in [0.15, 0.2) is 48.6 Å². The number of ether oxygens (including phenoxy) is 2. The Morgan fingerprint density at radius 1 is 0.465 bits per heavy atom. The van der Waals surface area contributed by atoms with Crippen LogP contribution in [0.25, 0.3) is 0 Å². The summed E-state index contributed by atoms with van der Waals surface area (Å²) in [7, 11) is 0. The van der Waals surface area contributed by atoms with Gasteiger partial charge in [0.1, 0.15) is 24.4 Å². The summed E-state index contributed by atoms with van der Waals surface area (Å²) >= 11 is 0. The van der Waals surface area contributed by atoms with Crippen LogP contribution in [-0.4, -0.2) is 87.5 Å². The quantitative estimate of drug-likeness (QED) is 0.0261. The van der Waals surface area contributed by atoms with Crippen molar-refractivity contribution in [2.45, 2.75) is 326 Å². The second-order valence-electron chi connectivity index (χ2n) is 21.1. The van der Waals surface area contributed by atoms with Gasteiger partial charge in [-0.15, -0.1) is 0 Å². The zero-order valence-electron chi connectivity index (χ0n) is 46.2. The van der Waals surface area contributed by atoms with Crippen molar-refractivity contribution in [1.29, 1.82) is 0 Å². The molecule has 0 aromatic heterocycles. The fourth-order valence-corrected chi connectivity index (χ4v) is 9.54. The maximum absolute atomic E-state index is 13.1. The number of hydrogen-bond acceptors (Lipinski definition) is 8. The first kappa shape index (κ1) is 67.2. The highest BCUT2D eigenvalue weighted by atomic mass is 16.7. The summed E-state index contributed by atoms with van der Waals surface area (Å²) in [6.45, 7) is 3.79. The van der Waals surface area contributed by atoms with Crippen LogP contribution in [0.4, 0.5) is 0 Å². The molecule has 0 radical (unpaired) electrons. The fourth-order valence-electron chi connectivity index (χ4n) is 9.54. The summed E-state index contributed by atoms with van der Waals surface area (Å²) in [5.74, 6) is -0.189. The van der Waals surface area contributed by atoms with Gasteiger partial charge in [0.15, 0.2) is 6.29 Å². The van der Waals surface area contributed by atoms with Crippen LogP contribution < -0.4 is 5.32 Å². The van der Waals surface area contributed by atoms with Gasteiger partial charge in [0.2, 0.25) is 5.91 Å². The zero-order valence-corrected chi connectivity index (χ0v) is 46.2. The van der Waals surface area contributed by atoms with Gasteiger partial charge in [-0.1, -0.05) is 255 Å². The summed E-state index contributed by atoms with van der Waals surface area (Å²) < 4.78 is 11.3. The Morgan fingerprint density at radius 2 is 0.803 bits per heavy atom. The number of aliphatic hydroxyl groups is 5. The Morgan fingerprint density at radius 3 is 1.18 bits per heavy atom. The average Bonchev–Trinajstić information content (AvgIpc) is 3.37. The Kier molecular flexibility index (Phi) is 48.8. The molecule has 0 aromatic carbocycles. The van der Waals surface area contributed by atoms with Crippen LogP contribution in [0.5, 0.6) is 0 Å². The van der Waals surface area contributed by atoms with Gasteiger partial charge in [-0.05, 0) is 70.6 Å². The van der Waals surface area contributed by atoms with E-state index in [4.69, 9.17) is 9.47 Å². The molecule has 7 atom stereocenters. The van der Waals surface area contributed by atoms with Gasteiger partial charge in [-0.3, -0.25) is 4.79 Å². The molecule has 0 saturated carbocycles. The molecule has 7 unspecified atom stereocenters. The first-order valence-corrected chi connectivity index (χ1v) is 30.4. The Bertz CT molecular complexity index is 1250. The first-order chi connectivity index (χ1) is 34.8. The minimum absolute atomic E-state index is 0.189. The highest BCUT2D eigenvalue weighted by Gasteiger charge is 2.44. The van der Waals surface area contributed by atoms with E-state index >= 15 is 0 Å². The Labute approximate surface area is 437 Å². The molecule has 9 nitrogen and oxygen atoms in total. The van der Waals surface area contributed by atoms with Crippen molar-refractivity contribution in [3.05, 3.63) is 48.6 Å². The molecule has 1 amide bonds. The third-order valence-corrected chi connectivity index (χ3v) is 14.4. The van der Waals surface area contributed by atoms with Gasteiger partial charge in [-0.2, -0.15) is 0 Å². The largest absolute Gasteiger partial charge is 0.394 e. The van der Waals surface area contributed by atoms with E-state index in [1.54, 1.807) is 6.08 Å². The molecule has 1 rings (SSSR count). The number of carbonyl (C=O) groups excluding carboxylic acids is 1. The molecule has 416 valence electrons. The van der Waals surface area contributed by atoms with Crippen LogP contribution in [-0.2, 0) is 14.3 Å². The summed E-state index contributed by atoms with van der Waals surface area (Å²) in [5.41, 5.74) is 0. The zero-order chi connectivity index (χ0) is 51.5. The van der Waals surface area contributed by atoms with Crippen molar-refractivity contribution >= 4 is 5.91 Å². The van der Waals surface area contributed by atoms with Crippen LogP contribution in [0.3, 0.4) is 0 Å². The molecular formula is C62H115NO8. The van der Waals surface area contributed by atoms with Gasteiger partial charge >= 0.3 is 0 Å². The first-order valence-electron chi connectivity index (χ1n) is 30.4. The Balaban J connectivity index is 2.25.